The standard InChI is InChI=1S/C10H19N3O2S/c1-6(2)3-7(4-11)12-9(14)8-5-16-10(15)13-8/h6-8H,3-5,11H2,1-2H3,(H,12,14)(H,13,15)/t7?,8-/m0/s1. The molecular weight excluding hydrogens is 226 g/mol. The average Bonchev–Trinajstić information content (AvgIpc) is 2.63. The van der Waals surface area contributed by atoms with Gasteiger partial charge >= 0.3 is 0 Å². The van der Waals surface area contributed by atoms with E-state index in [2.05, 4.69) is 24.5 Å². The minimum absolute atomic E-state index is 0.00463. The number of nitrogens with one attached hydrogen (secondary N) is 2. The summed E-state index contributed by atoms with van der Waals surface area (Å²) in [5.74, 6) is 0.861. The first kappa shape index (κ1) is 13.3. The molecule has 0 bridgehead atoms. The van der Waals surface area contributed by atoms with Crippen molar-refractivity contribution in [3.05, 3.63) is 0 Å². The average molecular weight is 245 g/mol. The summed E-state index contributed by atoms with van der Waals surface area (Å²) in [5, 5.41) is 5.34. The minimum Gasteiger partial charge on any atom is -0.350 e. The largest absolute Gasteiger partial charge is 0.350 e. The van der Waals surface area contributed by atoms with Gasteiger partial charge in [0.05, 0.1) is 0 Å². The topological polar surface area (TPSA) is 84.2 Å². The summed E-state index contributed by atoms with van der Waals surface area (Å²) in [6.07, 6.45) is 0.857. The van der Waals surface area contributed by atoms with Gasteiger partial charge in [0, 0.05) is 18.3 Å². The summed E-state index contributed by atoms with van der Waals surface area (Å²) in [7, 11) is 0. The Balaban J connectivity index is 2.39. The lowest BCUT2D eigenvalue weighted by Gasteiger charge is -2.20. The quantitative estimate of drug-likeness (QED) is 0.650. The van der Waals surface area contributed by atoms with Gasteiger partial charge in [0.15, 0.2) is 0 Å². The smallest absolute Gasteiger partial charge is 0.279 e. The molecule has 1 unspecified atom stereocenters. The maximum atomic E-state index is 11.7. The maximum Gasteiger partial charge on any atom is 0.279 e. The van der Waals surface area contributed by atoms with Gasteiger partial charge in [-0.1, -0.05) is 25.6 Å². The number of nitrogens with two attached hydrogens (primary N) is 1. The lowest BCUT2D eigenvalue weighted by Crippen LogP contribution is -2.49. The molecule has 1 heterocycles. The minimum atomic E-state index is -0.404. The highest BCUT2D eigenvalue weighted by Gasteiger charge is 2.29. The number of rotatable bonds is 5. The van der Waals surface area contributed by atoms with Crippen LogP contribution in [0.4, 0.5) is 4.79 Å². The van der Waals surface area contributed by atoms with E-state index < -0.39 is 6.04 Å². The van der Waals surface area contributed by atoms with Crippen molar-refractivity contribution in [2.45, 2.75) is 32.4 Å². The fourth-order valence-electron chi connectivity index (χ4n) is 1.61. The number of amides is 2. The summed E-state index contributed by atoms with van der Waals surface area (Å²) in [6.45, 7) is 4.60. The Morgan fingerprint density at radius 1 is 1.69 bits per heavy atom. The highest BCUT2D eigenvalue weighted by Crippen LogP contribution is 2.13. The predicted molar refractivity (Wildman–Crippen MR) is 65.2 cm³/mol. The van der Waals surface area contributed by atoms with Gasteiger partial charge in [-0.3, -0.25) is 9.59 Å². The fourth-order valence-corrected chi connectivity index (χ4v) is 2.39. The molecule has 2 amide bonds. The third kappa shape index (κ3) is 4.02. The Morgan fingerprint density at radius 2 is 2.38 bits per heavy atom. The zero-order chi connectivity index (χ0) is 12.1. The zero-order valence-corrected chi connectivity index (χ0v) is 10.5. The first-order chi connectivity index (χ1) is 7.52. The van der Waals surface area contributed by atoms with Crippen LogP contribution in [0.25, 0.3) is 0 Å². The predicted octanol–water partition coefficient (Wildman–Crippen LogP) is 0.301. The van der Waals surface area contributed by atoms with E-state index in [1.807, 2.05) is 0 Å². The normalized spacial score (nSPS) is 22.0. The Bertz CT molecular complexity index is 271. The van der Waals surface area contributed by atoms with Gasteiger partial charge in [0.25, 0.3) is 5.24 Å². The molecule has 1 saturated heterocycles. The molecule has 1 aliphatic rings. The monoisotopic (exact) mass is 245 g/mol. The Morgan fingerprint density at radius 3 is 2.81 bits per heavy atom. The highest BCUT2D eigenvalue weighted by molar-refractivity contribution is 8.14. The van der Waals surface area contributed by atoms with E-state index in [0.717, 1.165) is 18.2 Å². The van der Waals surface area contributed by atoms with Crippen molar-refractivity contribution in [1.29, 1.82) is 0 Å². The second kappa shape index (κ2) is 6.10. The molecule has 0 aromatic rings. The van der Waals surface area contributed by atoms with Crippen LogP contribution >= 0.6 is 11.8 Å². The summed E-state index contributed by atoms with van der Waals surface area (Å²) in [6, 6.07) is -0.409. The second-order valence-corrected chi connectivity index (χ2v) is 5.36. The number of carbonyl (C=O) groups excluding carboxylic acids is 2. The summed E-state index contributed by atoms with van der Waals surface area (Å²) in [4.78, 5) is 22.7. The number of hydrogen-bond donors (Lipinski definition) is 3. The van der Waals surface area contributed by atoms with Crippen LogP contribution in [0, 0.1) is 5.92 Å². The number of carbonyl (C=O) groups is 2. The van der Waals surface area contributed by atoms with Gasteiger partial charge in [0.1, 0.15) is 6.04 Å². The van der Waals surface area contributed by atoms with Crippen molar-refractivity contribution in [3.8, 4) is 0 Å². The van der Waals surface area contributed by atoms with Crippen LogP contribution in [0.2, 0.25) is 0 Å². The molecule has 92 valence electrons. The second-order valence-electron chi connectivity index (χ2n) is 4.37. The lowest BCUT2D eigenvalue weighted by atomic mass is 10.0. The molecular formula is C10H19N3O2S. The number of hydrogen-bond acceptors (Lipinski definition) is 4. The maximum absolute atomic E-state index is 11.7. The molecule has 4 N–H and O–H groups in total. The van der Waals surface area contributed by atoms with Crippen LogP contribution in [-0.4, -0.2) is 35.5 Å². The van der Waals surface area contributed by atoms with Crippen LogP contribution in [0.15, 0.2) is 0 Å². The van der Waals surface area contributed by atoms with E-state index in [-0.39, 0.29) is 17.2 Å². The van der Waals surface area contributed by atoms with Crippen molar-refractivity contribution >= 4 is 22.9 Å². The summed E-state index contributed by atoms with van der Waals surface area (Å²) >= 11 is 1.14. The number of thioether (sulfide) groups is 1. The van der Waals surface area contributed by atoms with Crippen LogP contribution in [0.5, 0.6) is 0 Å². The van der Waals surface area contributed by atoms with Gasteiger partial charge in [-0.15, -0.1) is 0 Å². The molecule has 0 aromatic heterocycles. The van der Waals surface area contributed by atoms with Gasteiger partial charge in [-0.2, -0.15) is 0 Å². The summed E-state index contributed by atoms with van der Waals surface area (Å²) < 4.78 is 0. The first-order valence-corrected chi connectivity index (χ1v) is 6.45. The van der Waals surface area contributed by atoms with E-state index in [0.29, 0.717) is 18.2 Å². The first-order valence-electron chi connectivity index (χ1n) is 5.46. The molecule has 0 radical (unpaired) electrons. The Kier molecular flexibility index (Phi) is 5.08. The van der Waals surface area contributed by atoms with Crippen LogP contribution in [-0.2, 0) is 4.79 Å². The summed E-state index contributed by atoms with van der Waals surface area (Å²) in [5.41, 5.74) is 5.59. The van der Waals surface area contributed by atoms with E-state index in [9.17, 15) is 9.59 Å². The molecule has 2 atom stereocenters. The molecule has 1 aliphatic heterocycles. The van der Waals surface area contributed by atoms with Crippen molar-refractivity contribution in [1.82, 2.24) is 10.6 Å². The molecule has 6 heteroatoms. The van der Waals surface area contributed by atoms with E-state index in [1.165, 1.54) is 0 Å². The van der Waals surface area contributed by atoms with E-state index >= 15 is 0 Å². The van der Waals surface area contributed by atoms with Gasteiger partial charge in [-0.05, 0) is 12.3 Å². The Hall–Kier alpha value is -0.750. The van der Waals surface area contributed by atoms with Crippen molar-refractivity contribution in [2.75, 3.05) is 12.3 Å². The fraction of sp³-hybridized carbons (Fsp3) is 0.800. The van der Waals surface area contributed by atoms with Crippen molar-refractivity contribution in [2.24, 2.45) is 11.7 Å². The molecule has 0 spiro atoms. The molecule has 5 nitrogen and oxygen atoms in total. The third-order valence-corrected chi connectivity index (χ3v) is 3.26. The van der Waals surface area contributed by atoms with E-state index in [4.69, 9.17) is 5.73 Å². The SMILES string of the molecule is CC(C)CC(CN)NC(=O)[C@@H]1CSC(=O)N1. The van der Waals surface area contributed by atoms with Crippen LogP contribution in [0.1, 0.15) is 20.3 Å². The molecule has 0 aliphatic carbocycles. The van der Waals surface area contributed by atoms with Gasteiger partial charge < -0.3 is 16.4 Å². The van der Waals surface area contributed by atoms with Gasteiger partial charge in [-0.25, -0.2) is 0 Å². The highest BCUT2D eigenvalue weighted by atomic mass is 32.2. The van der Waals surface area contributed by atoms with Gasteiger partial charge in [0.2, 0.25) is 5.91 Å². The third-order valence-electron chi connectivity index (χ3n) is 2.38. The molecule has 16 heavy (non-hydrogen) atoms. The zero-order valence-electron chi connectivity index (χ0n) is 9.66. The molecule has 1 rings (SSSR count). The Labute approximate surface area is 99.9 Å². The molecule has 1 fully saturated rings. The van der Waals surface area contributed by atoms with Crippen LogP contribution < -0.4 is 16.4 Å². The van der Waals surface area contributed by atoms with Crippen LogP contribution in [0.3, 0.4) is 0 Å². The van der Waals surface area contributed by atoms with Crippen molar-refractivity contribution < 1.29 is 9.59 Å². The molecule has 0 saturated carbocycles. The lowest BCUT2D eigenvalue weighted by molar-refractivity contribution is -0.123. The van der Waals surface area contributed by atoms with E-state index in [1.54, 1.807) is 0 Å². The molecule has 0 aromatic carbocycles. The van der Waals surface area contributed by atoms with Crippen molar-refractivity contribution in [3.63, 3.8) is 0 Å².